The Hall–Kier alpha value is -5.14. The quantitative estimate of drug-likeness (QED) is 0.106. The second kappa shape index (κ2) is 16.3. The molecular formula is C36H36F3N5O5. The highest BCUT2D eigenvalue weighted by molar-refractivity contribution is 6.13. The number of ether oxygens (including phenoxy) is 1. The van der Waals surface area contributed by atoms with Crippen molar-refractivity contribution in [3.05, 3.63) is 101 Å². The molecule has 0 bridgehead atoms. The molecule has 256 valence electrons. The fraction of sp³-hybridized carbons (Fsp3) is 0.306. The van der Waals surface area contributed by atoms with Gasteiger partial charge < -0.3 is 25.4 Å². The first kappa shape index (κ1) is 35.2. The van der Waals surface area contributed by atoms with Crippen molar-refractivity contribution in [3.8, 4) is 11.3 Å². The first-order valence-electron chi connectivity index (χ1n) is 16.0. The summed E-state index contributed by atoms with van der Waals surface area (Å²) in [5, 5.41) is 14.3. The fourth-order valence-electron chi connectivity index (χ4n) is 5.43. The van der Waals surface area contributed by atoms with Crippen LogP contribution in [-0.4, -0.2) is 65.6 Å². The Morgan fingerprint density at radius 1 is 0.837 bits per heavy atom. The Bertz CT molecular complexity index is 1780. The van der Waals surface area contributed by atoms with Crippen LogP contribution in [0.4, 0.5) is 30.4 Å². The second-order valence-corrected chi connectivity index (χ2v) is 11.5. The molecule has 3 N–H and O–H groups in total. The van der Waals surface area contributed by atoms with Crippen LogP contribution in [-0.2, 0) is 10.9 Å². The molecule has 0 saturated carbocycles. The minimum absolute atomic E-state index is 0.0642. The van der Waals surface area contributed by atoms with Crippen LogP contribution in [0.15, 0.2) is 79.1 Å². The number of aromatic nitrogens is 2. The van der Waals surface area contributed by atoms with Crippen LogP contribution >= 0.6 is 0 Å². The van der Waals surface area contributed by atoms with Crippen LogP contribution in [0, 0.1) is 0 Å². The first-order chi connectivity index (χ1) is 23.6. The second-order valence-electron chi connectivity index (χ2n) is 11.5. The molecule has 0 radical (unpaired) electrons. The maximum Gasteiger partial charge on any atom is 0.416 e. The van der Waals surface area contributed by atoms with Crippen LogP contribution in [0.2, 0.25) is 0 Å². The Morgan fingerprint density at radius 2 is 1.61 bits per heavy atom. The van der Waals surface area contributed by atoms with Gasteiger partial charge in [-0.3, -0.25) is 19.4 Å². The number of aliphatic hydroxyl groups excluding tert-OH is 1. The van der Waals surface area contributed by atoms with Gasteiger partial charge in [-0.25, -0.2) is 4.98 Å². The van der Waals surface area contributed by atoms with Gasteiger partial charge in [-0.05, 0) is 68.1 Å². The van der Waals surface area contributed by atoms with Crippen LogP contribution in [0.25, 0.3) is 11.3 Å². The molecule has 3 aromatic carbocycles. The minimum Gasteiger partial charge on any atom is -0.394 e. The summed E-state index contributed by atoms with van der Waals surface area (Å²) < 4.78 is 44.8. The van der Waals surface area contributed by atoms with E-state index < -0.39 is 23.6 Å². The van der Waals surface area contributed by atoms with Gasteiger partial charge in [-0.15, -0.1) is 0 Å². The number of nitrogens with one attached hydrogen (secondary N) is 2. The molecule has 0 atom stereocenters. The van der Waals surface area contributed by atoms with E-state index in [-0.39, 0.29) is 59.3 Å². The number of aliphatic hydroxyl groups is 1. The zero-order chi connectivity index (χ0) is 34.8. The molecule has 4 aromatic rings. The largest absolute Gasteiger partial charge is 0.416 e. The molecule has 49 heavy (non-hydrogen) atoms. The maximum absolute atomic E-state index is 13.7. The lowest BCUT2D eigenvalue weighted by Crippen LogP contribution is -2.29. The molecule has 2 amide bonds. The standard InChI is InChI=1S/C36H36F3N5O5/c37-36(38,39)27-10-5-7-24(20-27)31-22-41-33(23-40-31)43-35(48)29-21-28(44-14-2-1-3-15-44)12-13-30(29)42-34(47)26-9-4-8-25(19-26)32(46)11-6-17-49-18-16-45/h4-5,7-10,12-13,19-23,45H,1-3,6,11,14-18H2,(H,42,47)(H,41,43,48). The fourth-order valence-corrected chi connectivity index (χ4v) is 5.43. The van der Waals surface area contributed by atoms with Crippen molar-refractivity contribution in [2.45, 2.75) is 38.3 Å². The lowest BCUT2D eigenvalue weighted by Gasteiger charge is -2.29. The number of nitrogens with zero attached hydrogens (tertiary/aromatic N) is 3. The molecule has 10 nitrogen and oxygen atoms in total. The molecule has 13 heteroatoms. The van der Waals surface area contributed by atoms with Crippen LogP contribution in [0.5, 0.6) is 0 Å². The number of alkyl halides is 3. The first-order valence-corrected chi connectivity index (χ1v) is 16.0. The number of Topliss-reactive ketones (excluding diaryl/α,β-unsaturated/α-hetero) is 1. The molecule has 1 aliphatic heterocycles. The van der Waals surface area contributed by atoms with E-state index in [0.717, 1.165) is 50.2 Å². The van der Waals surface area contributed by atoms with E-state index in [4.69, 9.17) is 9.84 Å². The van der Waals surface area contributed by atoms with Gasteiger partial charge in [0.2, 0.25) is 0 Å². The Morgan fingerprint density at radius 3 is 2.35 bits per heavy atom. The number of halogens is 3. The Kier molecular flexibility index (Phi) is 11.7. The molecule has 2 heterocycles. The third kappa shape index (κ3) is 9.48. The van der Waals surface area contributed by atoms with Crippen molar-refractivity contribution in [2.75, 3.05) is 48.4 Å². The summed E-state index contributed by atoms with van der Waals surface area (Å²) in [5.74, 6) is -1.20. The molecule has 0 aliphatic carbocycles. The number of carbonyl (C=O) groups excluding carboxylic acids is 3. The molecule has 1 aromatic heterocycles. The Balaban J connectivity index is 1.34. The lowest BCUT2D eigenvalue weighted by atomic mass is 10.0. The summed E-state index contributed by atoms with van der Waals surface area (Å²) in [6, 6.07) is 16.2. The number of carbonyl (C=O) groups is 3. The van der Waals surface area contributed by atoms with Gasteiger partial charge in [0.05, 0.1) is 48.1 Å². The van der Waals surface area contributed by atoms with Crippen molar-refractivity contribution in [2.24, 2.45) is 0 Å². The van der Waals surface area contributed by atoms with E-state index in [1.54, 1.807) is 30.3 Å². The molecule has 0 unspecified atom stereocenters. The number of hydrogen-bond donors (Lipinski definition) is 3. The Labute approximate surface area is 281 Å². The number of amides is 2. The summed E-state index contributed by atoms with van der Waals surface area (Å²) in [6.45, 7) is 2.08. The van der Waals surface area contributed by atoms with Crippen molar-refractivity contribution in [1.82, 2.24) is 9.97 Å². The third-order valence-electron chi connectivity index (χ3n) is 7.97. The smallest absolute Gasteiger partial charge is 0.394 e. The van der Waals surface area contributed by atoms with Gasteiger partial charge in [0.25, 0.3) is 11.8 Å². The van der Waals surface area contributed by atoms with Crippen molar-refractivity contribution >= 4 is 34.8 Å². The van der Waals surface area contributed by atoms with Crippen molar-refractivity contribution in [3.63, 3.8) is 0 Å². The SMILES string of the molecule is O=C(CCCOCCO)c1cccc(C(=O)Nc2ccc(N3CCCCC3)cc2C(=O)Nc2cnc(-c3cccc(C(F)(F)F)c3)cn2)c1. The van der Waals surface area contributed by atoms with Crippen LogP contribution < -0.4 is 15.5 Å². The number of anilines is 3. The monoisotopic (exact) mass is 675 g/mol. The van der Waals surface area contributed by atoms with E-state index in [9.17, 15) is 27.6 Å². The average Bonchev–Trinajstić information content (AvgIpc) is 3.12. The van der Waals surface area contributed by atoms with Gasteiger partial charge in [-0.1, -0.05) is 24.3 Å². The predicted octanol–water partition coefficient (Wildman–Crippen LogP) is 6.63. The number of benzene rings is 3. The van der Waals surface area contributed by atoms with Gasteiger partial charge >= 0.3 is 6.18 Å². The minimum atomic E-state index is -4.51. The van der Waals surface area contributed by atoms with E-state index >= 15 is 0 Å². The summed E-state index contributed by atoms with van der Waals surface area (Å²) >= 11 is 0. The molecular weight excluding hydrogens is 639 g/mol. The molecule has 1 aliphatic rings. The van der Waals surface area contributed by atoms with Crippen molar-refractivity contribution < 1.29 is 37.4 Å². The highest BCUT2D eigenvalue weighted by Gasteiger charge is 2.30. The van der Waals surface area contributed by atoms with E-state index in [1.165, 1.54) is 30.6 Å². The number of piperidine rings is 1. The summed E-state index contributed by atoms with van der Waals surface area (Å²) in [6.07, 6.45) is 1.83. The molecule has 5 rings (SSSR count). The van der Waals surface area contributed by atoms with E-state index in [1.807, 2.05) is 6.07 Å². The van der Waals surface area contributed by atoms with Gasteiger partial charge in [0, 0.05) is 48.5 Å². The summed E-state index contributed by atoms with van der Waals surface area (Å²) in [4.78, 5) is 50.4. The van der Waals surface area contributed by atoms with Crippen LogP contribution in [0.3, 0.4) is 0 Å². The van der Waals surface area contributed by atoms with Crippen molar-refractivity contribution in [1.29, 1.82) is 0 Å². The summed E-state index contributed by atoms with van der Waals surface area (Å²) in [7, 11) is 0. The highest BCUT2D eigenvalue weighted by Crippen LogP contribution is 2.32. The van der Waals surface area contributed by atoms with Gasteiger partial charge in [0.1, 0.15) is 0 Å². The van der Waals surface area contributed by atoms with Gasteiger partial charge in [-0.2, -0.15) is 13.2 Å². The van der Waals surface area contributed by atoms with Gasteiger partial charge in [0.15, 0.2) is 11.6 Å². The number of ketones is 1. The average molecular weight is 676 g/mol. The number of rotatable bonds is 13. The molecule has 1 fully saturated rings. The lowest BCUT2D eigenvalue weighted by molar-refractivity contribution is -0.137. The zero-order valence-corrected chi connectivity index (χ0v) is 26.6. The third-order valence-corrected chi connectivity index (χ3v) is 7.97. The molecule has 0 spiro atoms. The van der Waals surface area contributed by atoms with E-state index in [0.29, 0.717) is 18.6 Å². The topological polar surface area (TPSA) is 134 Å². The van der Waals surface area contributed by atoms with E-state index in [2.05, 4.69) is 25.5 Å². The highest BCUT2D eigenvalue weighted by atomic mass is 19.4. The summed E-state index contributed by atoms with van der Waals surface area (Å²) in [5.41, 5.74) is 1.39. The predicted molar refractivity (Wildman–Crippen MR) is 179 cm³/mol. The normalized spacial score (nSPS) is 13.2. The maximum atomic E-state index is 13.7. The number of hydrogen-bond acceptors (Lipinski definition) is 8. The van der Waals surface area contributed by atoms with Crippen LogP contribution in [0.1, 0.15) is 68.7 Å². The zero-order valence-electron chi connectivity index (χ0n) is 26.6. The molecule has 1 saturated heterocycles.